The van der Waals surface area contributed by atoms with Crippen LogP contribution in [0.4, 0.5) is 0 Å². The number of aromatic nitrogens is 2. The summed E-state index contributed by atoms with van der Waals surface area (Å²) >= 11 is 0. The molecular weight excluding hydrogens is 498 g/mol. The van der Waals surface area contributed by atoms with Crippen molar-refractivity contribution in [1.29, 1.82) is 0 Å². The second kappa shape index (κ2) is 9.65. The van der Waals surface area contributed by atoms with E-state index in [-0.39, 0.29) is 0 Å². The van der Waals surface area contributed by atoms with Gasteiger partial charge >= 0.3 is 0 Å². The van der Waals surface area contributed by atoms with Crippen LogP contribution in [0.5, 0.6) is 0 Å². The predicted octanol–water partition coefficient (Wildman–Crippen LogP) is 9.17. The average Bonchev–Trinajstić information content (AvgIpc) is 3.40. The Morgan fingerprint density at radius 1 is 0.585 bits per heavy atom. The second-order valence-corrected chi connectivity index (χ2v) is 10.5. The van der Waals surface area contributed by atoms with E-state index in [2.05, 4.69) is 142 Å². The first kappa shape index (κ1) is 23.5. The van der Waals surface area contributed by atoms with Gasteiger partial charge in [-0.15, -0.1) is 0 Å². The van der Waals surface area contributed by atoms with Crippen molar-refractivity contribution in [3.63, 3.8) is 0 Å². The van der Waals surface area contributed by atoms with Crippen molar-refractivity contribution in [3.8, 4) is 27.9 Å². The van der Waals surface area contributed by atoms with Gasteiger partial charge in [0.2, 0.25) is 0 Å². The number of pyridine rings is 1. The van der Waals surface area contributed by atoms with E-state index in [1.54, 1.807) is 0 Å². The molecule has 194 valence electrons. The molecule has 2 aromatic heterocycles. The topological polar surface area (TPSA) is 29.9 Å². The zero-order valence-electron chi connectivity index (χ0n) is 22.5. The molecule has 0 aliphatic carbocycles. The van der Waals surface area contributed by atoms with Crippen LogP contribution < -0.4 is 5.32 Å². The lowest BCUT2D eigenvalue weighted by atomic mass is 9.97. The Bertz CT molecular complexity index is 2130. The van der Waals surface area contributed by atoms with Crippen molar-refractivity contribution in [1.82, 2.24) is 14.9 Å². The Balaban J connectivity index is 1.36. The average molecular weight is 526 g/mol. The molecule has 0 unspecified atom stereocenters. The van der Waals surface area contributed by atoms with Crippen LogP contribution in [0.1, 0.15) is 5.56 Å². The molecule has 1 aliphatic rings. The Labute approximate surface area is 238 Å². The van der Waals surface area contributed by atoms with Gasteiger partial charge in [-0.3, -0.25) is 4.98 Å². The number of hydrogen-bond acceptors (Lipinski definition) is 2. The monoisotopic (exact) mass is 525 g/mol. The van der Waals surface area contributed by atoms with E-state index in [0.29, 0.717) is 0 Å². The molecule has 7 aromatic rings. The highest BCUT2D eigenvalue weighted by molar-refractivity contribution is 6.19. The van der Waals surface area contributed by atoms with Gasteiger partial charge in [0.05, 0.1) is 11.0 Å². The van der Waals surface area contributed by atoms with Crippen LogP contribution >= 0.6 is 0 Å². The van der Waals surface area contributed by atoms with Crippen molar-refractivity contribution in [2.45, 2.75) is 0 Å². The first-order valence-electron chi connectivity index (χ1n) is 14.0. The molecule has 0 spiro atoms. The van der Waals surface area contributed by atoms with Gasteiger partial charge in [-0.1, -0.05) is 78.9 Å². The molecule has 8 rings (SSSR count). The number of nitrogens with one attached hydrogen (secondary N) is 1. The van der Waals surface area contributed by atoms with E-state index in [1.165, 1.54) is 66.0 Å². The molecule has 0 saturated heterocycles. The molecule has 41 heavy (non-hydrogen) atoms. The molecule has 0 fully saturated rings. The van der Waals surface area contributed by atoms with E-state index in [0.717, 1.165) is 12.2 Å². The van der Waals surface area contributed by atoms with Gasteiger partial charge in [0.15, 0.2) is 0 Å². The highest BCUT2D eigenvalue weighted by Gasteiger charge is 2.16. The number of dihydropyridines is 1. The van der Waals surface area contributed by atoms with Crippen molar-refractivity contribution < 1.29 is 0 Å². The standard InChI is InChI=1S/C38H27N3/c1-2-7-33(8-3-1)41-37-25-31(29-6-4-5-28(23-29)26-15-19-39-20-16-26)10-13-35(37)36-14-11-32-24-30(9-12-34(32)38(36)41)27-17-21-40-22-18-27/h1-19,21-25,39H,20H2. The second-order valence-electron chi connectivity index (χ2n) is 10.5. The van der Waals surface area contributed by atoms with Gasteiger partial charge in [0.1, 0.15) is 0 Å². The number of para-hydroxylation sites is 1. The minimum atomic E-state index is 0.858. The molecule has 0 amide bonds. The summed E-state index contributed by atoms with van der Waals surface area (Å²) in [5.41, 5.74) is 10.9. The Hall–Kier alpha value is -5.41. The van der Waals surface area contributed by atoms with Crippen molar-refractivity contribution in [2.75, 3.05) is 6.54 Å². The van der Waals surface area contributed by atoms with Crippen LogP contribution in [0.2, 0.25) is 0 Å². The molecule has 1 N–H and O–H groups in total. The zero-order valence-corrected chi connectivity index (χ0v) is 22.5. The minimum Gasteiger partial charge on any atom is -0.387 e. The van der Waals surface area contributed by atoms with Crippen molar-refractivity contribution in [3.05, 3.63) is 152 Å². The Morgan fingerprint density at radius 3 is 2.17 bits per heavy atom. The summed E-state index contributed by atoms with van der Waals surface area (Å²) in [7, 11) is 0. The van der Waals surface area contributed by atoms with Crippen molar-refractivity contribution in [2.24, 2.45) is 0 Å². The van der Waals surface area contributed by atoms with Crippen LogP contribution in [0, 0.1) is 0 Å². The number of hydrogen-bond donors (Lipinski definition) is 1. The summed E-state index contributed by atoms with van der Waals surface area (Å²) in [6.07, 6.45) is 10.1. The summed E-state index contributed by atoms with van der Waals surface area (Å²) in [5, 5.41) is 8.24. The van der Waals surface area contributed by atoms with Crippen LogP contribution in [0.15, 0.2) is 146 Å². The quantitative estimate of drug-likeness (QED) is 0.248. The molecule has 0 atom stereocenters. The maximum absolute atomic E-state index is 4.19. The third kappa shape index (κ3) is 4.02. The van der Waals surface area contributed by atoms with Crippen molar-refractivity contribution >= 4 is 38.2 Å². The number of allylic oxidation sites excluding steroid dienone is 2. The number of fused-ring (bicyclic) bond motifs is 5. The Morgan fingerprint density at radius 2 is 1.34 bits per heavy atom. The van der Waals surface area contributed by atoms with E-state index in [4.69, 9.17) is 0 Å². The van der Waals surface area contributed by atoms with Gasteiger partial charge in [0.25, 0.3) is 0 Å². The first-order valence-corrected chi connectivity index (χ1v) is 14.0. The van der Waals surface area contributed by atoms with Gasteiger partial charge in [-0.2, -0.15) is 0 Å². The van der Waals surface area contributed by atoms with E-state index in [1.807, 2.05) is 18.6 Å². The molecule has 0 saturated carbocycles. The summed E-state index contributed by atoms with van der Waals surface area (Å²) in [5.74, 6) is 0. The van der Waals surface area contributed by atoms with Crippen LogP contribution in [0.3, 0.4) is 0 Å². The molecule has 1 aliphatic heterocycles. The van der Waals surface area contributed by atoms with Gasteiger partial charge in [-0.25, -0.2) is 0 Å². The predicted molar refractivity (Wildman–Crippen MR) is 172 cm³/mol. The summed E-state index contributed by atoms with van der Waals surface area (Å²) < 4.78 is 2.44. The fourth-order valence-electron chi connectivity index (χ4n) is 6.13. The summed E-state index contributed by atoms with van der Waals surface area (Å²) in [6.45, 7) is 0.858. The van der Waals surface area contributed by atoms with E-state index in [9.17, 15) is 0 Å². The molecule has 5 aromatic carbocycles. The summed E-state index contributed by atoms with van der Waals surface area (Å²) in [4.78, 5) is 4.19. The maximum Gasteiger partial charge on any atom is 0.0619 e. The third-order valence-electron chi connectivity index (χ3n) is 8.12. The Kier molecular flexibility index (Phi) is 5.53. The lowest BCUT2D eigenvalue weighted by Crippen LogP contribution is -2.08. The molecule has 0 bridgehead atoms. The number of rotatable bonds is 4. The van der Waals surface area contributed by atoms with Gasteiger partial charge < -0.3 is 9.88 Å². The lowest BCUT2D eigenvalue weighted by Gasteiger charge is -2.12. The number of benzene rings is 5. The van der Waals surface area contributed by atoms with Gasteiger partial charge in [0, 0.05) is 40.8 Å². The van der Waals surface area contributed by atoms with Gasteiger partial charge in [-0.05, 0) is 93.5 Å². The smallest absolute Gasteiger partial charge is 0.0619 e. The number of nitrogens with zero attached hydrogens (tertiary/aromatic N) is 2. The highest BCUT2D eigenvalue weighted by Crippen LogP contribution is 2.39. The third-order valence-corrected chi connectivity index (χ3v) is 8.12. The van der Waals surface area contributed by atoms with Crippen LogP contribution in [0.25, 0.3) is 66.1 Å². The normalized spacial score (nSPS) is 13.0. The van der Waals surface area contributed by atoms with E-state index < -0.39 is 0 Å². The van der Waals surface area contributed by atoms with E-state index >= 15 is 0 Å². The summed E-state index contributed by atoms with van der Waals surface area (Å²) in [6, 6.07) is 41.9. The molecule has 3 heteroatoms. The van der Waals surface area contributed by atoms with Crippen LogP contribution in [-0.2, 0) is 0 Å². The SMILES string of the molecule is C1=CC(c2cccc(-c3ccc4c5ccc6cc(-c7ccncc7)ccc6c5n(-c5ccccc5)c4c3)c2)=CCN1. The largest absolute Gasteiger partial charge is 0.387 e. The van der Waals surface area contributed by atoms with Crippen LogP contribution in [-0.4, -0.2) is 16.1 Å². The first-order chi connectivity index (χ1) is 20.3. The molecular formula is C38H27N3. The molecule has 3 nitrogen and oxygen atoms in total. The fourth-order valence-corrected chi connectivity index (χ4v) is 6.13. The molecule has 3 heterocycles. The minimum absolute atomic E-state index is 0.858. The highest BCUT2D eigenvalue weighted by atomic mass is 15.0. The maximum atomic E-state index is 4.19. The molecule has 0 radical (unpaired) electrons. The zero-order chi connectivity index (χ0) is 27.2. The lowest BCUT2D eigenvalue weighted by molar-refractivity contribution is 0.976. The fraction of sp³-hybridized carbons (Fsp3) is 0.0263.